The van der Waals surface area contributed by atoms with Crippen LogP contribution < -0.4 is 0 Å². The van der Waals surface area contributed by atoms with Crippen molar-refractivity contribution in [3.63, 3.8) is 0 Å². The second-order valence-electron chi connectivity index (χ2n) is 7.33. The zero-order valence-electron chi connectivity index (χ0n) is 13.9. The summed E-state index contributed by atoms with van der Waals surface area (Å²) in [4.78, 5) is 4.83. The minimum Gasteiger partial charge on any atom is -0.388 e. The molecule has 2 rings (SSSR count). The van der Waals surface area contributed by atoms with Crippen LogP contribution in [0.5, 0.6) is 0 Å². The van der Waals surface area contributed by atoms with Crippen molar-refractivity contribution in [1.82, 2.24) is 9.80 Å². The summed E-state index contributed by atoms with van der Waals surface area (Å²) in [5.41, 5.74) is 0.877. The van der Waals surface area contributed by atoms with Gasteiger partial charge in [0.1, 0.15) is 0 Å². The van der Waals surface area contributed by atoms with Gasteiger partial charge < -0.3 is 10.0 Å². The van der Waals surface area contributed by atoms with Gasteiger partial charge in [-0.1, -0.05) is 44.2 Å². The molecule has 0 aliphatic carbocycles. The number of likely N-dealkylation sites (tertiary alicyclic amines) is 1. The van der Waals surface area contributed by atoms with Crippen LogP contribution in [-0.4, -0.2) is 54.7 Å². The van der Waals surface area contributed by atoms with Crippen LogP contribution in [0.25, 0.3) is 0 Å². The maximum Gasteiger partial charge on any atom is 0.0853 e. The zero-order chi connectivity index (χ0) is 15.5. The van der Waals surface area contributed by atoms with E-state index in [1.165, 1.54) is 12.8 Å². The van der Waals surface area contributed by atoms with E-state index in [1.807, 2.05) is 30.3 Å². The SMILES string of the molecule is CN(C)CC1CCCN1CC(C)(C)C(O)c1ccccc1. The maximum atomic E-state index is 10.7. The van der Waals surface area contributed by atoms with Crippen LogP contribution in [0.3, 0.4) is 0 Å². The van der Waals surface area contributed by atoms with Gasteiger partial charge in [0, 0.05) is 24.5 Å². The normalized spacial score (nSPS) is 21.9. The number of rotatable bonds is 6. The quantitative estimate of drug-likeness (QED) is 0.873. The molecule has 2 unspecified atom stereocenters. The van der Waals surface area contributed by atoms with E-state index in [-0.39, 0.29) is 5.41 Å². The lowest BCUT2D eigenvalue weighted by atomic mass is 9.82. The Kier molecular flexibility index (Phi) is 5.42. The van der Waals surface area contributed by atoms with Crippen molar-refractivity contribution >= 4 is 0 Å². The first kappa shape index (κ1) is 16.5. The van der Waals surface area contributed by atoms with Crippen molar-refractivity contribution in [3.8, 4) is 0 Å². The summed E-state index contributed by atoms with van der Waals surface area (Å²) in [6.07, 6.45) is 2.13. The van der Waals surface area contributed by atoms with E-state index < -0.39 is 6.10 Å². The van der Waals surface area contributed by atoms with E-state index in [0.717, 1.165) is 25.2 Å². The standard InChI is InChI=1S/C18H30N2O/c1-18(2,17(21)15-9-6-5-7-10-15)14-20-12-8-11-16(20)13-19(3)4/h5-7,9-10,16-17,21H,8,11-14H2,1-4H3. The summed E-state index contributed by atoms with van der Waals surface area (Å²) in [6.45, 7) is 7.56. The smallest absolute Gasteiger partial charge is 0.0853 e. The van der Waals surface area contributed by atoms with Gasteiger partial charge in [-0.3, -0.25) is 4.90 Å². The molecule has 1 fully saturated rings. The summed E-state index contributed by atoms with van der Waals surface area (Å²) in [5, 5.41) is 10.7. The number of hydrogen-bond acceptors (Lipinski definition) is 3. The van der Waals surface area contributed by atoms with Gasteiger partial charge in [0.2, 0.25) is 0 Å². The van der Waals surface area contributed by atoms with Crippen LogP contribution in [0.1, 0.15) is 38.4 Å². The third kappa shape index (κ3) is 4.29. The summed E-state index contributed by atoms with van der Waals surface area (Å²) in [7, 11) is 4.28. The van der Waals surface area contributed by atoms with E-state index in [9.17, 15) is 5.11 Å². The number of nitrogens with zero attached hydrogens (tertiary/aromatic N) is 2. The molecule has 2 atom stereocenters. The molecule has 1 aromatic carbocycles. The highest BCUT2D eigenvalue weighted by Crippen LogP contribution is 2.35. The van der Waals surface area contributed by atoms with Crippen molar-refractivity contribution in [2.24, 2.45) is 5.41 Å². The van der Waals surface area contributed by atoms with Crippen LogP contribution >= 0.6 is 0 Å². The van der Waals surface area contributed by atoms with Crippen molar-refractivity contribution in [2.45, 2.75) is 38.8 Å². The average molecular weight is 290 g/mol. The number of aliphatic hydroxyl groups excluding tert-OH is 1. The predicted molar refractivity (Wildman–Crippen MR) is 88.3 cm³/mol. The molecule has 1 aliphatic rings. The highest BCUT2D eigenvalue weighted by atomic mass is 16.3. The zero-order valence-corrected chi connectivity index (χ0v) is 13.9. The minimum absolute atomic E-state index is 0.143. The molecule has 1 heterocycles. The van der Waals surface area contributed by atoms with Crippen LogP contribution in [0.2, 0.25) is 0 Å². The monoisotopic (exact) mass is 290 g/mol. The predicted octanol–water partition coefficient (Wildman–Crippen LogP) is 2.77. The summed E-state index contributed by atoms with van der Waals surface area (Å²) < 4.78 is 0. The Morgan fingerprint density at radius 3 is 2.57 bits per heavy atom. The number of aliphatic hydroxyl groups is 1. The van der Waals surface area contributed by atoms with Gasteiger partial charge in [0.25, 0.3) is 0 Å². The van der Waals surface area contributed by atoms with Crippen molar-refractivity contribution in [2.75, 3.05) is 33.7 Å². The third-order valence-corrected chi connectivity index (χ3v) is 4.54. The van der Waals surface area contributed by atoms with Gasteiger partial charge in [-0.25, -0.2) is 0 Å². The first-order valence-corrected chi connectivity index (χ1v) is 8.02. The van der Waals surface area contributed by atoms with Gasteiger partial charge in [-0.2, -0.15) is 0 Å². The lowest BCUT2D eigenvalue weighted by Gasteiger charge is -2.37. The van der Waals surface area contributed by atoms with Crippen LogP contribution in [-0.2, 0) is 0 Å². The number of benzene rings is 1. The molecule has 0 amide bonds. The van der Waals surface area contributed by atoms with Gasteiger partial charge in [0.15, 0.2) is 0 Å². The molecule has 1 N–H and O–H groups in total. The summed E-state index contributed by atoms with van der Waals surface area (Å²) >= 11 is 0. The highest BCUT2D eigenvalue weighted by Gasteiger charge is 2.35. The van der Waals surface area contributed by atoms with E-state index in [0.29, 0.717) is 6.04 Å². The Bertz CT molecular complexity index is 430. The fraction of sp³-hybridized carbons (Fsp3) is 0.667. The molecule has 3 nitrogen and oxygen atoms in total. The number of likely N-dealkylation sites (N-methyl/N-ethyl adjacent to an activating group) is 1. The third-order valence-electron chi connectivity index (χ3n) is 4.54. The van der Waals surface area contributed by atoms with E-state index in [4.69, 9.17) is 0 Å². The molecule has 1 aromatic rings. The minimum atomic E-state index is -0.417. The van der Waals surface area contributed by atoms with Gasteiger partial charge >= 0.3 is 0 Å². The Hall–Kier alpha value is -0.900. The molecule has 0 bridgehead atoms. The molecular formula is C18H30N2O. The second-order valence-corrected chi connectivity index (χ2v) is 7.33. The fourth-order valence-corrected chi connectivity index (χ4v) is 3.43. The Morgan fingerprint density at radius 2 is 1.95 bits per heavy atom. The molecular weight excluding hydrogens is 260 g/mol. The fourth-order valence-electron chi connectivity index (χ4n) is 3.43. The van der Waals surface area contributed by atoms with Crippen molar-refractivity contribution in [3.05, 3.63) is 35.9 Å². The largest absolute Gasteiger partial charge is 0.388 e. The van der Waals surface area contributed by atoms with Gasteiger partial charge in [-0.05, 0) is 39.0 Å². The average Bonchev–Trinajstić information content (AvgIpc) is 2.84. The van der Waals surface area contributed by atoms with E-state index in [2.05, 4.69) is 37.7 Å². The lowest BCUT2D eigenvalue weighted by molar-refractivity contribution is 0.0150. The van der Waals surface area contributed by atoms with Crippen molar-refractivity contribution < 1.29 is 5.11 Å². The molecule has 3 heteroatoms. The summed E-state index contributed by atoms with van der Waals surface area (Å²) in [6, 6.07) is 10.7. The molecule has 21 heavy (non-hydrogen) atoms. The van der Waals surface area contributed by atoms with Crippen LogP contribution in [0, 0.1) is 5.41 Å². The topological polar surface area (TPSA) is 26.7 Å². The van der Waals surface area contributed by atoms with E-state index in [1.54, 1.807) is 0 Å². The highest BCUT2D eigenvalue weighted by molar-refractivity contribution is 5.19. The van der Waals surface area contributed by atoms with Crippen molar-refractivity contribution in [1.29, 1.82) is 0 Å². The van der Waals surface area contributed by atoms with Crippen LogP contribution in [0.4, 0.5) is 0 Å². The first-order chi connectivity index (χ1) is 9.90. The molecule has 1 saturated heterocycles. The van der Waals surface area contributed by atoms with Gasteiger partial charge in [0.05, 0.1) is 6.10 Å². The van der Waals surface area contributed by atoms with Crippen LogP contribution in [0.15, 0.2) is 30.3 Å². The van der Waals surface area contributed by atoms with Gasteiger partial charge in [-0.15, -0.1) is 0 Å². The first-order valence-electron chi connectivity index (χ1n) is 8.02. The molecule has 0 spiro atoms. The molecule has 118 valence electrons. The molecule has 0 radical (unpaired) electrons. The number of hydrogen-bond donors (Lipinski definition) is 1. The summed E-state index contributed by atoms with van der Waals surface area (Å²) in [5.74, 6) is 0. The lowest BCUT2D eigenvalue weighted by Crippen LogP contribution is -2.44. The Balaban J connectivity index is 2.02. The molecule has 0 saturated carbocycles. The Labute approximate surface area is 129 Å². The molecule has 1 aliphatic heterocycles. The second kappa shape index (κ2) is 6.91. The maximum absolute atomic E-state index is 10.7. The Morgan fingerprint density at radius 1 is 1.29 bits per heavy atom. The van der Waals surface area contributed by atoms with E-state index >= 15 is 0 Å². The molecule has 0 aromatic heterocycles.